The summed E-state index contributed by atoms with van der Waals surface area (Å²) in [6.07, 6.45) is 0. The summed E-state index contributed by atoms with van der Waals surface area (Å²) in [5.41, 5.74) is 1.72. The molecule has 0 radical (unpaired) electrons. The highest BCUT2D eigenvalue weighted by molar-refractivity contribution is 9.11. The Balaban J connectivity index is 1.64. The highest BCUT2D eigenvalue weighted by atomic mass is 79.9. The summed E-state index contributed by atoms with van der Waals surface area (Å²) in [4.78, 5) is 2.16. The minimum Gasteiger partial charge on any atom is -0.282 e. The molecule has 2 aromatic rings. The zero-order valence-corrected chi connectivity index (χ0v) is 16.2. The summed E-state index contributed by atoms with van der Waals surface area (Å²) in [5.74, 6) is 0. The Morgan fingerprint density at radius 3 is 2.55 bits per heavy atom. The van der Waals surface area contributed by atoms with Gasteiger partial charge in [0.15, 0.2) is 3.95 Å². The molecular formula is C11H13BrN4O2S4. The predicted octanol–water partition coefficient (Wildman–Crippen LogP) is 2.46. The first-order valence-electron chi connectivity index (χ1n) is 6.45. The maximum Gasteiger partial charge on any atom is 0.252 e. The molecule has 0 unspecified atom stereocenters. The second-order valence-corrected chi connectivity index (χ2v) is 10.8. The van der Waals surface area contributed by atoms with Crippen LogP contribution in [-0.2, 0) is 16.7 Å². The lowest BCUT2D eigenvalue weighted by molar-refractivity contribution is 0.145. The monoisotopic (exact) mass is 440 g/mol. The third-order valence-corrected chi connectivity index (χ3v) is 8.46. The Morgan fingerprint density at radius 2 is 2.00 bits per heavy atom. The number of hydrogen-bond acceptors (Lipinski definition) is 7. The molecule has 1 aliphatic heterocycles. The molecule has 1 fully saturated rings. The van der Waals surface area contributed by atoms with Gasteiger partial charge in [-0.05, 0) is 40.3 Å². The Labute approximate surface area is 150 Å². The van der Waals surface area contributed by atoms with E-state index in [4.69, 9.17) is 12.2 Å². The summed E-state index contributed by atoms with van der Waals surface area (Å²) in [5, 5.41) is 4.18. The topological polar surface area (TPSA) is 58.4 Å². The zero-order chi connectivity index (χ0) is 15.7. The smallest absolute Gasteiger partial charge is 0.252 e. The number of hydrogen-bond donors (Lipinski definition) is 0. The van der Waals surface area contributed by atoms with E-state index in [9.17, 15) is 8.42 Å². The number of sulfonamides is 1. The zero-order valence-electron chi connectivity index (χ0n) is 11.4. The van der Waals surface area contributed by atoms with Gasteiger partial charge in [0.1, 0.15) is 9.72 Å². The quantitative estimate of drug-likeness (QED) is 0.683. The van der Waals surface area contributed by atoms with Crippen molar-refractivity contribution in [2.75, 3.05) is 26.2 Å². The molecular weight excluding hydrogens is 428 g/mol. The van der Waals surface area contributed by atoms with E-state index in [-0.39, 0.29) is 0 Å². The maximum atomic E-state index is 12.5. The van der Waals surface area contributed by atoms with Crippen LogP contribution in [0.2, 0.25) is 0 Å². The van der Waals surface area contributed by atoms with Gasteiger partial charge in [0.2, 0.25) is 0 Å². The Bertz CT molecular complexity index is 804. The van der Waals surface area contributed by atoms with Gasteiger partial charge in [0, 0.05) is 26.2 Å². The molecule has 11 heteroatoms. The van der Waals surface area contributed by atoms with Crippen LogP contribution < -0.4 is 0 Å². The lowest BCUT2D eigenvalue weighted by atomic mass is 10.4. The Hall–Kier alpha value is -0.170. The molecule has 0 amide bonds. The van der Waals surface area contributed by atoms with Crippen molar-refractivity contribution >= 4 is 60.8 Å². The van der Waals surface area contributed by atoms with Crippen LogP contribution in [0, 0.1) is 3.95 Å². The third-order valence-electron chi connectivity index (χ3n) is 3.36. The Kier molecular flexibility index (Phi) is 5.12. The van der Waals surface area contributed by atoms with Gasteiger partial charge in [-0.25, -0.2) is 13.1 Å². The molecule has 1 saturated heterocycles. The second kappa shape index (κ2) is 6.75. The lowest BCUT2D eigenvalue weighted by Gasteiger charge is -2.33. The van der Waals surface area contributed by atoms with E-state index in [0.717, 1.165) is 7.74 Å². The van der Waals surface area contributed by atoms with E-state index in [1.165, 1.54) is 22.7 Å². The third kappa shape index (κ3) is 3.50. The average Bonchev–Trinajstić information content (AvgIpc) is 3.09. The van der Waals surface area contributed by atoms with Crippen molar-refractivity contribution in [2.45, 2.75) is 10.9 Å². The molecule has 22 heavy (non-hydrogen) atoms. The van der Waals surface area contributed by atoms with Gasteiger partial charge >= 0.3 is 0 Å². The van der Waals surface area contributed by atoms with Crippen LogP contribution in [0.25, 0.3) is 0 Å². The highest BCUT2D eigenvalue weighted by Gasteiger charge is 2.29. The van der Waals surface area contributed by atoms with E-state index < -0.39 is 10.0 Å². The summed E-state index contributed by atoms with van der Waals surface area (Å²) >= 11 is 11.2. The number of piperazine rings is 1. The van der Waals surface area contributed by atoms with Gasteiger partial charge in [0.05, 0.1) is 10.5 Å². The van der Waals surface area contributed by atoms with E-state index >= 15 is 0 Å². The molecule has 0 atom stereocenters. The number of thiophene rings is 1. The van der Waals surface area contributed by atoms with Crippen molar-refractivity contribution in [1.29, 1.82) is 0 Å². The fourth-order valence-corrected chi connectivity index (χ4v) is 6.49. The van der Waals surface area contributed by atoms with Gasteiger partial charge in [-0.2, -0.15) is 9.40 Å². The molecule has 0 aromatic carbocycles. The summed E-state index contributed by atoms with van der Waals surface area (Å²) in [6.45, 7) is 2.92. The SMILES string of the molecule is O=S(=O)(c1ccc(Br)s1)N1CCN(Cn2ncsc2=S)CC1. The highest BCUT2D eigenvalue weighted by Crippen LogP contribution is 2.28. The maximum absolute atomic E-state index is 12.5. The van der Waals surface area contributed by atoms with E-state index in [1.807, 2.05) is 0 Å². The van der Waals surface area contributed by atoms with Crippen LogP contribution >= 0.6 is 50.8 Å². The molecule has 0 saturated carbocycles. The van der Waals surface area contributed by atoms with Crippen molar-refractivity contribution in [2.24, 2.45) is 0 Å². The van der Waals surface area contributed by atoms with Crippen LogP contribution in [-0.4, -0.2) is 53.6 Å². The molecule has 0 spiro atoms. The molecule has 120 valence electrons. The van der Waals surface area contributed by atoms with Crippen LogP contribution in [0.3, 0.4) is 0 Å². The van der Waals surface area contributed by atoms with Crippen LogP contribution in [0.1, 0.15) is 0 Å². The summed E-state index contributed by atoms with van der Waals surface area (Å²) in [7, 11) is -3.38. The fraction of sp³-hybridized carbons (Fsp3) is 0.455. The van der Waals surface area contributed by atoms with Gasteiger partial charge in [0.25, 0.3) is 10.0 Å². The molecule has 0 aliphatic carbocycles. The number of halogens is 1. The summed E-state index contributed by atoms with van der Waals surface area (Å²) < 4.78 is 30.3. The Morgan fingerprint density at radius 1 is 1.27 bits per heavy atom. The average molecular weight is 441 g/mol. The normalized spacial score (nSPS) is 17.9. The van der Waals surface area contributed by atoms with Gasteiger partial charge in [-0.15, -0.1) is 11.3 Å². The molecule has 2 aromatic heterocycles. The molecule has 6 nitrogen and oxygen atoms in total. The van der Waals surface area contributed by atoms with Crippen molar-refractivity contribution in [3.8, 4) is 0 Å². The first-order chi connectivity index (χ1) is 10.5. The van der Waals surface area contributed by atoms with E-state index in [0.29, 0.717) is 37.1 Å². The van der Waals surface area contributed by atoms with Crippen LogP contribution in [0.4, 0.5) is 0 Å². The number of rotatable bonds is 4. The second-order valence-electron chi connectivity index (χ2n) is 4.73. The lowest BCUT2D eigenvalue weighted by Crippen LogP contribution is -2.48. The van der Waals surface area contributed by atoms with Gasteiger partial charge in [-0.3, -0.25) is 4.90 Å². The predicted molar refractivity (Wildman–Crippen MR) is 93.3 cm³/mol. The summed E-state index contributed by atoms with van der Waals surface area (Å²) in [6, 6.07) is 3.41. The van der Waals surface area contributed by atoms with Crippen molar-refractivity contribution in [3.63, 3.8) is 0 Å². The first kappa shape index (κ1) is 16.7. The largest absolute Gasteiger partial charge is 0.282 e. The standard InChI is InChI=1S/C11H13BrN4O2S4/c12-9-1-2-10(21-9)22(17,18)15-5-3-14(4-6-15)8-16-11(19)20-7-13-16/h1-2,7H,3-6,8H2. The van der Waals surface area contributed by atoms with Crippen LogP contribution in [0.15, 0.2) is 25.6 Å². The van der Waals surface area contributed by atoms with Crippen molar-refractivity contribution in [1.82, 2.24) is 19.0 Å². The number of aromatic nitrogens is 2. The number of nitrogens with zero attached hydrogens (tertiary/aromatic N) is 4. The molecule has 3 rings (SSSR count). The molecule has 3 heterocycles. The minimum absolute atomic E-state index is 0.384. The van der Waals surface area contributed by atoms with Gasteiger partial charge < -0.3 is 0 Å². The van der Waals surface area contributed by atoms with E-state index in [2.05, 4.69) is 25.9 Å². The van der Waals surface area contributed by atoms with Crippen LogP contribution in [0.5, 0.6) is 0 Å². The minimum atomic E-state index is -3.38. The molecule has 0 bridgehead atoms. The van der Waals surface area contributed by atoms with Crippen molar-refractivity contribution < 1.29 is 8.42 Å². The van der Waals surface area contributed by atoms with Gasteiger partial charge in [-0.1, -0.05) is 11.3 Å². The fourth-order valence-electron chi connectivity index (χ4n) is 2.19. The molecule has 0 N–H and O–H groups in total. The first-order valence-corrected chi connectivity index (χ1v) is 10.8. The van der Waals surface area contributed by atoms with Crippen molar-refractivity contribution in [3.05, 3.63) is 25.4 Å². The van der Waals surface area contributed by atoms with E-state index in [1.54, 1.807) is 26.6 Å². The molecule has 1 aliphatic rings.